The molecule has 1 saturated heterocycles. The second kappa shape index (κ2) is 8.94. The number of alkyl halides is 5. The molecule has 2 N–H and O–H groups in total. The number of carbonyl (C=O) groups is 1. The first-order chi connectivity index (χ1) is 14.6. The number of thiophene rings is 1. The molecule has 3 fully saturated rings. The third-order valence-electron chi connectivity index (χ3n) is 6.53. The number of nitrogens with zero attached hydrogens (tertiary/aromatic N) is 1. The average Bonchev–Trinajstić information content (AvgIpc) is 3.26. The summed E-state index contributed by atoms with van der Waals surface area (Å²) in [5, 5.41) is 8.25. The molecule has 0 aromatic carbocycles. The van der Waals surface area contributed by atoms with Gasteiger partial charge in [-0.15, -0.1) is 11.3 Å². The lowest BCUT2D eigenvalue weighted by molar-refractivity contribution is -0.148. The second-order valence-corrected chi connectivity index (χ2v) is 10.1. The summed E-state index contributed by atoms with van der Waals surface area (Å²) in [6.45, 7) is 0.0606. The van der Waals surface area contributed by atoms with Crippen LogP contribution in [0.15, 0.2) is 11.4 Å². The van der Waals surface area contributed by atoms with E-state index in [1.165, 1.54) is 16.2 Å². The minimum Gasteiger partial charge on any atom is -0.349 e. The van der Waals surface area contributed by atoms with Crippen LogP contribution in [-0.2, 0) is 0 Å². The number of likely N-dealkylation sites (tertiary alicyclic amines) is 1. The highest BCUT2D eigenvalue weighted by Gasteiger charge is 2.42. The predicted molar refractivity (Wildman–Crippen MR) is 109 cm³/mol. The molecule has 1 aromatic heterocycles. The third kappa shape index (κ3) is 6.38. The summed E-state index contributed by atoms with van der Waals surface area (Å²) in [7, 11) is 0. The van der Waals surface area contributed by atoms with Gasteiger partial charge in [0.2, 0.25) is 5.92 Å². The standard InChI is InChI=1S/C21H28F5N3OS/c22-20(23)5-1-14(2-6-20)28-19(30)13-9-18(31-11-13)16-10-17(16)27-15-3-7-29(8-4-15)12-21(24,25)26/h9,11,14-17,27H,1-8,10,12H2,(H,28,30). The Balaban J connectivity index is 1.20. The topological polar surface area (TPSA) is 44.4 Å². The Morgan fingerprint density at radius 3 is 2.45 bits per heavy atom. The minimum absolute atomic E-state index is 0.183. The number of amides is 1. The highest BCUT2D eigenvalue weighted by molar-refractivity contribution is 7.10. The molecule has 1 aliphatic heterocycles. The summed E-state index contributed by atoms with van der Waals surface area (Å²) < 4.78 is 64.0. The van der Waals surface area contributed by atoms with Crippen molar-refractivity contribution in [1.82, 2.24) is 15.5 Å². The number of piperidine rings is 1. The van der Waals surface area contributed by atoms with Gasteiger partial charge >= 0.3 is 6.18 Å². The van der Waals surface area contributed by atoms with Crippen molar-refractivity contribution in [3.63, 3.8) is 0 Å². The SMILES string of the molecule is O=C(NC1CCC(F)(F)CC1)c1csc(C2CC2NC2CCN(CC(F)(F)F)CC2)c1. The van der Waals surface area contributed by atoms with Gasteiger partial charge < -0.3 is 10.6 Å². The molecule has 0 bridgehead atoms. The van der Waals surface area contributed by atoms with Gasteiger partial charge in [-0.05, 0) is 51.3 Å². The lowest BCUT2D eigenvalue weighted by atomic mass is 9.92. The Morgan fingerprint density at radius 1 is 1.13 bits per heavy atom. The Bertz CT molecular complexity index is 765. The molecule has 2 aliphatic carbocycles. The maximum Gasteiger partial charge on any atom is 0.401 e. The summed E-state index contributed by atoms with van der Waals surface area (Å²) in [6.07, 6.45) is -1.54. The van der Waals surface area contributed by atoms with Gasteiger partial charge in [-0.3, -0.25) is 9.69 Å². The molecule has 0 spiro atoms. The largest absolute Gasteiger partial charge is 0.401 e. The number of rotatable bonds is 6. The summed E-state index contributed by atoms with van der Waals surface area (Å²) >= 11 is 1.53. The summed E-state index contributed by atoms with van der Waals surface area (Å²) in [5.41, 5.74) is 0.573. The fourth-order valence-electron chi connectivity index (χ4n) is 4.63. The maximum absolute atomic E-state index is 13.3. The molecule has 4 nitrogen and oxygen atoms in total. The summed E-state index contributed by atoms with van der Waals surface area (Å²) in [6, 6.07) is 2.21. The van der Waals surface area contributed by atoms with Crippen LogP contribution in [0.1, 0.15) is 66.1 Å². The van der Waals surface area contributed by atoms with Gasteiger partial charge in [-0.2, -0.15) is 13.2 Å². The van der Waals surface area contributed by atoms with Gasteiger partial charge in [-0.25, -0.2) is 8.78 Å². The van der Waals surface area contributed by atoms with Crippen LogP contribution in [-0.4, -0.2) is 60.7 Å². The van der Waals surface area contributed by atoms with Crippen LogP contribution in [0.3, 0.4) is 0 Å². The minimum atomic E-state index is -4.15. The average molecular weight is 466 g/mol. The monoisotopic (exact) mass is 465 g/mol. The van der Waals surface area contributed by atoms with Gasteiger partial charge in [-0.1, -0.05) is 0 Å². The number of halogens is 5. The highest BCUT2D eigenvalue weighted by Crippen LogP contribution is 2.44. The zero-order valence-corrected chi connectivity index (χ0v) is 18.0. The lowest BCUT2D eigenvalue weighted by Crippen LogP contribution is -2.46. The third-order valence-corrected chi connectivity index (χ3v) is 7.59. The van der Waals surface area contributed by atoms with E-state index in [-0.39, 0.29) is 30.8 Å². The molecule has 2 heterocycles. The van der Waals surface area contributed by atoms with Gasteiger partial charge in [0.15, 0.2) is 0 Å². The van der Waals surface area contributed by atoms with Crippen molar-refractivity contribution in [1.29, 1.82) is 0 Å². The second-order valence-electron chi connectivity index (χ2n) is 9.12. The Morgan fingerprint density at radius 2 is 1.81 bits per heavy atom. The Hall–Kier alpha value is -1.26. The van der Waals surface area contributed by atoms with Gasteiger partial charge in [0.05, 0.1) is 12.1 Å². The van der Waals surface area contributed by atoms with Crippen LogP contribution in [0.5, 0.6) is 0 Å². The molecule has 0 radical (unpaired) electrons. The van der Waals surface area contributed by atoms with E-state index in [0.717, 1.165) is 11.3 Å². The number of hydrogen-bond donors (Lipinski definition) is 2. The van der Waals surface area contributed by atoms with Crippen LogP contribution in [0.2, 0.25) is 0 Å². The number of hydrogen-bond acceptors (Lipinski definition) is 4. The van der Waals surface area contributed by atoms with Crippen LogP contribution < -0.4 is 10.6 Å². The van der Waals surface area contributed by atoms with E-state index >= 15 is 0 Å². The first-order valence-corrected chi connectivity index (χ1v) is 11.8. The zero-order chi connectivity index (χ0) is 22.2. The molecule has 174 valence electrons. The molecular formula is C21H28F5N3OS. The van der Waals surface area contributed by atoms with Crippen molar-refractivity contribution in [3.05, 3.63) is 21.9 Å². The fraction of sp³-hybridized carbons (Fsp3) is 0.762. The fourth-order valence-corrected chi connectivity index (χ4v) is 5.70. The molecule has 1 aromatic rings. The van der Waals surface area contributed by atoms with E-state index in [9.17, 15) is 26.7 Å². The van der Waals surface area contributed by atoms with E-state index in [1.54, 1.807) is 0 Å². The first-order valence-electron chi connectivity index (χ1n) is 10.9. The highest BCUT2D eigenvalue weighted by atomic mass is 32.1. The Kier molecular flexibility index (Phi) is 6.61. The first kappa shape index (κ1) is 22.9. The number of nitrogens with one attached hydrogen (secondary N) is 2. The normalized spacial score (nSPS) is 27.9. The van der Waals surface area contributed by atoms with Crippen molar-refractivity contribution in [2.45, 2.75) is 81.1 Å². The molecular weight excluding hydrogens is 437 g/mol. The molecule has 2 saturated carbocycles. The van der Waals surface area contributed by atoms with Crippen molar-refractivity contribution < 1.29 is 26.7 Å². The Labute approximate surface area is 182 Å². The van der Waals surface area contributed by atoms with E-state index < -0.39 is 18.6 Å². The predicted octanol–water partition coefficient (Wildman–Crippen LogP) is 4.53. The molecule has 2 atom stereocenters. The summed E-state index contributed by atoms with van der Waals surface area (Å²) in [4.78, 5) is 15.0. The van der Waals surface area contributed by atoms with Crippen LogP contribution in [0, 0.1) is 0 Å². The molecule has 10 heteroatoms. The zero-order valence-electron chi connectivity index (χ0n) is 17.2. The van der Waals surface area contributed by atoms with E-state index in [0.29, 0.717) is 56.3 Å². The van der Waals surface area contributed by atoms with Crippen LogP contribution in [0.25, 0.3) is 0 Å². The number of carbonyl (C=O) groups excluding carboxylic acids is 1. The van der Waals surface area contributed by atoms with E-state index in [4.69, 9.17) is 0 Å². The summed E-state index contributed by atoms with van der Waals surface area (Å²) in [5.74, 6) is -2.49. The van der Waals surface area contributed by atoms with E-state index in [1.807, 2.05) is 11.4 Å². The van der Waals surface area contributed by atoms with Crippen molar-refractivity contribution in [2.24, 2.45) is 0 Å². The van der Waals surface area contributed by atoms with Crippen molar-refractivity contribution in [2.75, 3.05) is 19.6 Å². The molecule has 3 aliphatic rings. The maximum atomic E-state index is 13.3. The molecule has 31 heavy (non-hydrogen) atoms. The van der Waals surface area contributed by atoms with Gasteiger partial charge in [0.25, 0.3) is 5.91 Å². The molecule has 4 rings (SSSR count). The van der Waals surface area contributed by atoms with Gasteiger partial charge in [0.1, 0.15) is 0 Å². The van der Waals surface area contributed by atoms with Crippen molar-refractivity contribution in [3.8, 4) is 0 Å². The van der Waals surface area contributed by atoms with Crippen LogP contribution in [0.4, 0.5) is 22.0 Å². The van der Waals surface area contributed by atoms with Gasteiger partial charge in [0, 0.05) is 47.1 Å². The van der Waals surface area contributed by atoms with E-state index in [2.05, 4.69) is 10.6 Å². The lowest BCUT2D eigenvalue weighted by Gasteiger charge is -2.33. The molecule has 2 unspecified atom stereocenters. The quantitative estimate of drug-likeness (QED) is 0.607. The smallest absolute Gasteiger partial charge is 0.349 e. The van der Waals surface area contributed by atoms with Crippen LogP contribution >= 0.6 is 11.3 Å². The molecule has 1 amide bonds. The van der Waals surface area contributed by atoms with Crippen molar-refractivity contribution >= 4 is 17.2 Å².